The number of ether oxygens (including phenoxy) is 1. The highest BCUT2D eigenvalue weighted by atomic mass is 16.6. The van der Waals surface area contributed by atoms with Crippen LogP contribution in [0.1, 0.15) is 25.7 Å². The van der Waals surface area contributed by atoms with Crippen LogP contribution < -0.4 is 0 Å². The summed E-state index contributed by atoms with van der Waals surface area (Å²) < 4.78 is 5.32. The molecular weight excluding hydrogens is 140 g/mol. The first-order chi connectivity index (χ1) is 5.38. The van der Waals surface area contributed by atoms with Crippen molar-refractivity contribution in [1.82, 2.24) is 0 Å². The Labute approximate surface area is 66.9 Å². The molecule has 0 spiro atoms. The summed E-state index contributed by atoms with van der Waals surface area (Å²) in [5.41, 5.74) is 0. The maximum atomic E-state index is 9.49. The number of aliphatic hydroxyl groups excluding tert-OH is 1. The van der Waals surface area contributed by atoms with Crippen molar-refractivity contribution in [3.63, 3.8) is 0 Å². The number of aliphatic hydroxyl groups is 1. The van der Waals surface area contributed by atoms with Crippen molar-refractivity contribution in [2.45, 2.75) is 44.0 Å². The molecule has 0 unspecified atom stereocenters. The van der Waals surface area contributed by atoms with Gasteiger partial charge in [-0.05, 0) is 25.7 Å². The maximum Gasteiger partial charge on any atom is 0.110 e. The zero-order valence-corrected chi connectivity index (χ0v) is 6.57. The number of rotatable bonds is 0. The molecule has 0 radical (unpaired) electrons. The molecule has 2 heteroatoms. The molecule has 1 N–H and O–H groups in total. The molecule has 0 bridgehead atoms. The number of epoxide rings is 1. The summed E-state index contributed by atoms with van der Waals surface area (Å²) >= 11 is 0. The Morgan fingerprint density at radius 1 is 1.18 bits per heavy atom. The Morgan fingerprint density at radius 3 is 2.73 bits per heavy atom. The molecule has 0 aromatic carbocycles. The van der Waals surface area contributed by atoms with Gasteiger partial charge in [-0.3, -0.25) is 0 Å². The van der Waals surface area contributed by atoms with E-state index in [1.54, 1.807) is 0 Å². The van der Waals surface area contributed by atoms with Gasteiger partial charge in [0.1, 0.15) is 6.10 Å². The third-order valence-electron chi connectivity index (χ3n) is 2.41. The van der Waals surface area contributed by atoms with Crippen LogP contribution in [0.5, 0.6) is 0 Å². The SMILES string of the molecule is O[C@H]1CC/C=C\CC[C@H]2O[C@@H]12. The number of hydrogen-bond donors (Lipinski definition) is 1. The number of hydrogen-bond acceptors (Lipinski definition) is 2. The molecule has 1 heterocycles. The molecule has 1 aliphatic carbocycles. The van der Waals surface area contributed by atoms with Crippen LogP contribution in [-0.4, -0.2) is 23.4 Å². The van der Waals surface area contributed by atoms with E-state index >= 15 is 0 Å². The molecule has 1 fully saturated rings. The lowest BCUT2D eigenvalue weighted by Gasteiger charge is -2.03. The van der Waals surface area contributed by atoms with Crippen molar-refractivity contribution >= 4 is 0 Å². The molecule has 1 saturated heterocycles. The third kappa shape index (κ3) is 1.63. The largest absolute Gasteiger partial charge is 0.390 e. The summed E-state index contributed by atoms with van der Waals surface area (Å²) in [5.74, 6) is 0. The molecule has 0 saturated carbocycles. The topological polar surface area (TPSA) is 32.8 Å². The van der Waals surface area contributed by atoms with Gasteiger partial charge in [0.25, 0.3) is 0 Å². The van der Waals surface area contributed by atoms with Crippen molar-refractivity contribution < 1.29 is 9.84 Å². The minimum atomic E-state index is -0.220. The molecule has 11 heavy (non-hydrogen) atoms. The fourth-order valence-electron chi connectivity index (χ4n) is 1.65. The molecule has 1 aliphatic heterocycles. The van der Waals surface area contributed by atoms with E-state index in [2.05, 4.69) is 12.2 Å². The quantitative estimate of drug-likeness (QED) is 0.420. The normalized spacial score (nSPS) is 46.5. The predicted molar refractivity (Wildman–Crippen MR) is 42.3 cm³/mol. The predicted octanol–water partition coefficient (Wildman–Crippen LogP) is 1.24. The van der Waals surface area contributed by atoms with E-state index in [0.29, 0.717) is 6.10 Å². The van der Waals surface area contributed by atoms with Crippen molar-refractivity contribution in [1.29, 1.82) is 0 Å². The van der Waals surface area contributed by atoms with Crippen molar-refractivity contribution in [3.8, 4) is 0 Å². The zero-order valence-electron chi connectivity index (χ0n) is 6.57. The van der Waals surface area contributed by atoms with E-state index < -0.39 is 0 Å². The summed E-state index contributed by atoms with van der Waals surface area (Å²) in [7, 11) is 0. The Balaban J connectivity index is 1.92. The molecule has 3 atom stereocenters. The monoisotopic (exact) mass is 154 g/mol. The van der Waals surface area contributed by atoms with Crippen LogP contribution in [0.2, 0.25) is 0 Å². The highest BCUT2D eigenvalue weighted by Crippen LogP contribution is 2.32. The van der Waals surface area contributed by atoms with Crippen LogP contribution in [0.3, 0.4) is 0 Å². The van der Waals surface area contributed by atoms with Crippen LogP contribution in [0, 0.1) is 0 Å². The number of fused-ring (bicyclic) bond motifs is 1. The zero-order chi connectivity index (χ0) is 7.68. The second kappa shape index (κ2) is 2.95. The van der Waals surface area contributed by atoms with Gasteiger partial charge in [0.15, 0.2) is 0 Å². The summed E-state index contributed by atoms with van der Waals surface area (Å²) in [4.78, 5) is 0. The lowest BCUT2D eigenvalue weighted by molar-refractivity contribution is 0.127. The molecule has 0 aromatic heterocycles. The Hall–Kier alpha value is -0.340. The Morgan fingerprint density at radius 2 is 1.91 bits per heavy atom. The smallest absolute Gasteiger partial charge is 0.110 e. The lowest BCUT2D eigenvalue weighted by Crippen LogP contribution is -2.15. The van der Waals surface area contributed by atoms with Gasteiger partial charge < -0.3 is 9.84 Å². The first-order valence-corrected chi connectivity index (χ1v) is 4.36. The first kappa shape index (κ1) is 7.32. The van der Waals surface area contributed by atoms with Crippen LogP contribution in [-0.2, 0) is 4.74 Å². The minimum Gasteiger partial charge on any atom is -0.390 e. The molecule has 2 rings (SSSR count). The van der Waals surface area contributed by atoms with E-state index in [4.69, 9.17) is 4.74 Å². The average molecular weight is 154 g/mol. The van der Waals surface area contributed by atoms with E-state index in [0.717, 1.165) is 25.7 Å². The second-order valence-corrected chi connectivity index (χ2v) is 3.33. The Bertz CT molecular complexity index is 165. The van der Waals surface area contributed by atoms with Crippen LogP contribution in [0.15, 0.2) is 12.2 Å². The fraction of sp³-hybridized carbons (Fsp3) is 0.778. The number of allylic oxidation sites excluding steroid dienone is 2. The molecular formula is C9H14O2. The summed E-state index contributed by atoms with van der Waals surface area (Å²) in [5, 5.41) is 9.49. The van der Waals surface area contributed by atoms with Crippen LogP contribution >= 0.6 is 0 Å². The van der Waals surface area contributed by atoms with Crippen molar-refractivity contribution in [2.24, 2.45) is 0 Å². The Kier molecular flexibility index (Phi) is 1.96. The van der Waals surface area contributed by atoms with Crippen molar-refractivity contribution in [2.75, 3.05) is 0 Å². The van der Waals surface area contributed by atoms with Gasteiger partial charge in [0.2, 0.25) is 0 Å². The van der Waals surface area contributed by atoms with Gasteiger partial charge in [-0.1, -0.05) is 12.2 Å². The summed E-state index contributed by atoms with van der Waals surface area (Å²) in [6.45, 7) is 0. The molecule has 2 aliphatic rings. The standard InChI is InChI=1S/C9H14O2/c10-7-5-3-1-2-4-6-8-9(7)11-8/h1-2,7-10H,3-6H2/b2-1-/t7-,8+,9-/m0/s1. The summed E-state index contributed by atoms with van der Waals surface area (Å²) in [6, 6.07) is 0. The van der Waals surface area contributed by atoms with Gasteiger partial charge >= 0.3 is 0 Å². The van der Waals surface area contributed by atoms with Gasteiger partial charge in [0, 0.05) is 0 Å². The molecule has 2 nitrogen and oxygen atoms in total. The fourth-order valence-corrected chi connectivity index (χ4v) is 1.65. The van der Waals surface area contributed by atoms with Crippen LogP contribution in [0.4, 0.5) is 0 Å². The van der Waals surface area contributed by atoms with Crippen LogP contribution in [0.25, 0.3) is 0 Å². The van der Waals surface area contributed by atoms with Gasteiger partial charge in [-0.25, -0.2) is 0 Å². The van der Waals surface area contributed by atoms with Gasteiger partial charge in [-0.2, -0.15) is 0 Å². The molecule has 62 valence electrons. The average Bonchev–Trinajstić information content (AvgIpc) is 2.74. The van der Waals surface area contributed by atoms with Gasteiger partial charge in [0.05, 0.1) is 12.2 Å². The van der Waals surface area contributed by atoms with E-state index in [9.17, 15) is 5.11 Å². The van der Waals surface area contributed by atoms with Crippen molar-refractivity contribution in [3.05, 3.63) is 12.2 Å². The minimum absolute atomic E-state index is 0.162. The molecule has 0 aromatic rings. The first-order valence-electron chi connectivity index (χ1n) is 4.36. The van der Waals surface area contributed by atoms with E-state index in [1.165, 1.54) is 0 Å². The second-order valence-electron chi connectivity index (χ2n) is 3.33. The maximum absolute atomic E-state index is 9.49. The highest BCUT2D eigenvalue weighted by Gasteiger charge is 2.43. The summed E-state index contributed by atoms with van der Waals surface area (Å²) in [6.07, 6.45) is 8.69. The highest BCUT2D eigenvalue weighted by molar-refractivity contribution is 4.96. The lowest BCUT2D eigenvalue weighted by atomic mass is 10.1. The molecule has 0 amide bonds. The van der Waals surface area contributed by atoms with Gasteiger partial charge in [-0.15, -0.1) is 0 Å². The van der Waals surface area contributed by atoms with E-state index in [-0.39, 0.29) is 12.2 Å². The third-order valence-corrected chi connectivity index (χ3v) is 2.41. The van der Waals surface area contributed by atoms with E-state index in [1.807, 2.05) is 0 Å².